The fourth-order valence-corrected chi connectivity index (χ4v) is 1.19. The van der Waals surface area contributed by atoms with E-state index in [4.69, 9.17) is 0 Å². The smallest absolute Gasteiger partial charge is 0.228 e. The molecular weight excluding hydrogens is 174 g/mol. The molecule has 0 amide bonds. The van der Waals surface area contributed by atoms with Gasteiger partial charge in [-0.1, -0.05) is 18.7 Å². The molecule has 14 heavy (non-hydrogen) atoms. The topological polar surface area (TPSA) is 20.3 Å². The van der Waals surface area contributed by atoms with Gasteiger partial charge in [0.1, 0.15) is 0 Å². The number of carbonyl (C=O) groups excluding carboxylic acids is 1. The average molecular weight is 192 g/mol. The summed E-state index contributed by atoms with van der Waals surface area (Å²) < 4.78 is 0. The standard InChI is InChI=1S/C12H18NO/c1-4-8-13(9-5-2)10-6-7-12(3)11-14/h4-5H,1-3,6-10H2. The Balaban J connectivity index is 3.69. The molecule has 0 aromatic heterocycles. The molecule has 0 bridgehead atoms. The molecule has 0 aromatic rings. The lowest BCUT2D eigenvalue weighted by molar-refractivity contribution is 0.331. The van der Waals surface area contributed by atoms with Crippen molar-refractivity contribution in [2.45, 2.75) is 12.8 Å². The predicted molar refractivity (Wildman–Crippen MR) is 60.9 cm³/mol. The Hall–Kier alpha value is -1.15. The second-order valence-electron chi connectivity index (χ2n) is 3.15. The number of nitrogens with zero attached hydrogens (tertiary/aromatic N) is 1. The quantitative estimate of drug-likeness (QED) is 0.412. The fourth-order valence-electron chi connectivity index (χ4n) is 1.19. The summed E-state index contributed by atoms with van der Waals surface area (Å²) in [6.45, 7) is 13.6. The molecular formula is C12H18NO. The van der Waals surface area contributed by atoms with Crippen LogP contribution in [-0.4, -0.2) is 30.8 Å². The van der Waals surface area contributed by atoms with Gasteiger partial charge in [0.05, 0.1) is 0 Å². The van der Waals surface area contributed by atoms with E-state index >= 15 is 0 Å². The first-order chi connectivity index (χ1) is 6.74. The Morgan fingerprint density at radius 1 is 1.29 bits per heavy atom. The van der Waals surface area contributed by atoms with Crippen LogP contribution in [0.2, 0.25) is 0 Å². The van der Waals surface area contributed by atoms with Crippen LogP contribution in [0.15, 0.2) is 37.5 Å². The molecule has 0 aliphatic carbocycles. The Bertz CT molecular complexity index is 198. The molecule has 0 saturated carbocycles. The molecule has 0 fully saturated rings. The van der Waals surface area contributed by atoms with Crippen LogP contribution in [0.4, 0.5) is 0 Å². The minimum Gasteiger partial charge on any atom is -0.296 e. The minimum atomic E-state index is 0.544. The van der Waals surface area contributed by atoms with E-state index in [9.17, 15) is 4.79 Å². The van der Waals surface area contributed by atoms with E-state index in [2.05, 4.69) is 24.6 Å². The van der Waals surface area contributed by atoms with Crippen molar-refractivity contribution in [1.82, 2.24) is 4.90 Å². The van der Waals surface area contributed by atoms with E-state index in [1.165, 1.54) is 0 Å². The molecule has 2 nitrogen and oxygen atoms in total. The molecule has 0 aliphatic rings. The summed E-state index contributed by atoms with van der Waals surface area (Å²) in [7, 11) is 0. The van der Waals surface area contributed by atoms with Crippen molar-refractivity contribution in [1.29, 1.82) is 0 Å². The normalized spacial score (nSPS) is 9.79. The summed E-state index contributed by atoms with van der Waals surface area (Å²) in [6.07, 6.45) is 7.17. The molecule has 0 heterocycles. The van der Waals surface area contributed by atoms with Gasteiger partial charge in [-0.15, -0.1) is 13.2 Å². The zero-order chi connectivity index (χ0) is 10.8. The molecule has 0 rings (SSSR count). The maximum atomic E-state index is 10.2. The Morgan fingerprint density at radius 3 is 2.29 bits per heavy atom. The summed E-state index contributed by atoms with van der Waals surface area (Å²) in [5.41, 5.74) is 0.544. The molecule has 0 spiro atoms. The molecule has 0 atom stereocenters. The van der Waals surface area contributed by atoms with Crippen LogP contribution in [0.25, 0.3) is 0 Å². The lowest BCUT2D eigenvalue weighted by atomic mass is 10.2. The maximum absolute atomic E-state index is 10.2. The Kier molecular flexibility index (Phi) is 7.75. The summed E-state index contributed by atoms with van der Waals surface area (Å²) in [4.78, 5) is 12.4. The van der Waals surface area contributed by atoms with Crippen LogP contribution in [0, 0.1) is 0 Å². The van der Waals surface area contributed by atoms with E-state index in [0.29, 0.717) is 12.0 Å². The van der Waals surface area contributed by atoms with Crippen LogP contribution in [-0.2, 0) is 4.79 Å². The summed E-state index contributed by atoms with van der Waals surface area (Å²) in [6, 6.07) is 0. The van der Waals surface area contributed by atoms with Gasteiger partial charge in [0.25, 0.3) is 0 Å². The van der Waals surface area contributed by atoms with Crippen molar-refractivity contribution in [2.75, 3.05) is 19.6 Å². The third kappa shape index (κ3) is 6.38. The lowest BCUT2D eigenvalue weighted by Gasteiger charge is -2.18. The van der Waals surface area contributed by atoms with Crippen molar-refractivity contribution in [3.05, 3.63) is 37.5 Å². The van der Waals surface area contributed by atoms with Gasteiger partial charge < -0.3 is 0 Å². The van der Waals surface area contributed by atoms with Crippen LogP contribution in [0.1, 0.15) is 12.8 Å². The Morgan fingerprint density at radius 2 is 1.86 bits per heavy atom. The van der Waals surface area contributed by atoms with E-state index in [-0.39, 0.29) is 0 Å². The molecule has 0 unspecified atom stereocenters. The first kappa shape index (κ1) is 12.8. The number of allylic oxidation sites excluding steroid dienone is 1. The van der Waals surface area contributed by atoms with Crippen LogP contribution < -0.4 is 0 Å². The number of rotatable bonds is 9. The first-order valence-electron chi connectivity index (χ1n) is 4.74. The van der Waals surface area contributed by atoms with Crippen molar-refractivity contribution in [2.24, 2.45) is 0 Å². The van der Waals surface area contributed by atoms with Crippen LogP contribution in [0.5, 0.6) is 0 Å². The maximum Gasteiger partial charge on any atom is 0.228 e. The molecule has 0 aliphatic heterocycles. The molecule has 77 valence electrons. The lowest BCUT2D eigenvalue weighted by Crippen LogP contribution is -2.25. The zero-order valence-electron chi connectivity index (χ0n) is 8.67. The summed E-state index contributed by atoms with van der Waals surface area (Å²) in [5.74, 6) is 0. The second-order valence-corrected chi connectivity index (χ2v) is 3.15. The van der Waals surface area contributed by atoms with Gasteiger partial charge in [0, 0.05) is 13.1 Å². The highest BCUT2D eigenvalue weighted by molar-refractivity contribution is 5.72. The average Bonchev–Trinajstić information content (AvgIpc) is 2.18. The van der Waals surface area contributed by atoms with Gasteiger partial charge in [0.2, 0.25) is 6.29 Å². The molecule has 1 radical (unpaired) electrons. The van der Waals surface area contributed by atoms with Gasteiger partial charge in [-0.2, -0.15) is 0 Å². The van der Waals surface area contributed by atoms with E-state index in [1.54, 1.807) is 6.29 Å². The van der Waals surface area contributed by atoms with Crippen molar-refractivity contribution in [3.8, 4) is 0 Å². The summed E-state index contributed by atoms with van der Waals surface area (Å²) >= 11 is 0. The third-order valence-electron chi connectivity index (χ3n) is 1.87. The highest BCUT2D eigenvalue weighted by Crippen LogP contribution is 2.01. The third-order valence-corrected chi connectivity index (χ3v) is 1.87. The number of hydrogen-bond donors (Lipinski definition) is 0. The van der Waals surface area contributed by atoms with E-state index in [0.717, 1.165) is 26.1 Å². The van der Waals surface area contributed by atoms with Crippen LogP contribution >= 0.6 is 0 Å². The van der Waals surface area contributed by atoms with Gasteiger partial charge in [-0.25, -0.2) is 0 Å². The van der Waals surface area contributed by atoms with E-state index in [1.807, 2.05) is 12.2 Å². The van der Waals surface area contributed by atoms with Crippen molar-refractivity contribution in [3.63, 3.8) is 0 Å². The molecule has 0 saturated heterocycles. The highest BCUT2D eigenvalue weighted by Gasteiger charge is 2.00. The predicted octanol–water partition coefficient (Wildman–Crippen LogP) is 2.11. The summed E-state index contributed by atoms with van der Waals surface area (Å²) in [5, 5.41) is 0. The fraction of sp³-hybridized carbons (Fsp3) is 0.417. The monoisotopic (exact) mass is 192 g/mol. The van der Waals surface area contributed by atoms with Gasteiger partial charge >= 0.3 is 0 Å². The van der Waals surface area contributed by atoms with Gasteiger partial charge in [-0.3, -0.25) is 9.69 Å². The highest BCUT2D eigenvalue weighted by atomic mass is 16.1. The zero-order valence-corrected chi connectivity index (χ0v) is 8.67. The largest absolute Gasteiger partial charge is 0.296 e. The number of hydrogen-bond acceptors (Lipinski definition) is 2. The Labute approximate surface area is 86.6 Å². The second kappa shape index (κ2) is 8.45. The first-order valence-corrected chi connectivity index (χ1v) is 4.74. The van der Waals surface area contributed by atoms with Crippen LogP contribution in [0.3, 0.4) is 0 Å². The molecule has 2 heteroatoms. The van der Waals surface area contributed by atoms with Crippen molar-refractivity contribution >= 4 is 6.29 Å². The van der Waals surface area contributed by atoms with Gasteiger partial charge in [0.15, 0.2) is 0 Å². The van der Waals surface area contributed by atoms with E-state index < -0.39 is 0 Å². The molecule has 0 N–H and O–H groups in total. The minimum absolute atomic E-state index is 0.544. The SMILES string of the molecule is C=CCN(CC=C)CCCC(=C)[C]=O. The van der Waals surface area contributed by atoms with Gasteiger partial charge in [-0.05, 0) is 25.0 Å². The van der Waals surface area contributed by atoms with Crippen molar-refractivity contribution < 1.29 is 4.79 Å². The molecule has 0 aromatic carbocycles.